The van der Waals surface area contributed by atoms with Crippen LogP contribution >= 0.6 is 0 Å². The SMILES string of the molecule is C[C@@H]1O[C@@H](O[C@@H]2[C@@H](O)[C@@H](O)O[C@H](CO)[C@@H]2O[C@@H]2O[C@H](CO)[C@@H](O)[C@H](O)[C@H]2O)[C@@H](O)[C@H](O)[C@@H]1O. The van der Waals surface area contributed by atoms with Crippen LogP contribution in [0.2, 0.25) is 0 Å². The molecule has 0 amide bonds. The maximum atomic E-state index is 10.5. The molecular weight excluding hydrogens is 456 g/mol. The second kappa shape index (κ2) is 11.0. The third-order valence-electron chi connectivity index (χ3n) is 6.05. The maximum Gasteiger partial charge on any atom is 0.187 e. The summed E-state index contributed by atoms with van der Waals surface area (Å²) in [6.45, 7) is -0.127. The molecule has 0 saturated carbocycles. The lowest BCUT2D eigenvalue weighted by Crippen LogP contribution is -2.66. The van der Waals surface area contributed by atoms with Crippen LogP contribution in [0.1, 0.15) is 6.92 Å². The third kappa shape index (κ3) is 5.32. The van der Waals surface area contributed by atoms with Crippen LogP contribution in [-0.4, -0.2) is 156 Å². The van der Waals surface area contributed by atoms with Crippen LogP contribution in [0, 0.1) is 0 Å². The first-order valence-corrected chi connectivity index (χ1v) is 10.4. The Morgan fingerprint density at radius 3 is 1.64 bits per heavy atom. The van der Waals surface area contributed by atoms with Crippen LogP contribution in [0.4, 0.5) is 0 Å². The zero-order valence-corrected chi connectivity index (χ0v) is 17.6. The summed E-state index contributed by atoms with van der Waals surface area (Å²) in [5.74, 6) is 0. The molecule has 0 aromatic heterocycles. The fraction of sp³-hybridized carbons (Fsp3) is 1.00. The van der Waals surface area contributed by atoms with Gasteiger partial charge in [0, 0.05) is 0 Å². The molecule has 0 spiro atoms. The van der Waals surface area contributed by atoms with E-state index < -0.39 is 105 Å². The van der Waals surface area contributed by atoms with Gasteiger partial charge in [0.05, 0.1) is 19.3 Å². The van der Waals surface area contributed by atoms with Crippen LogP contribution in [0.15, 0.2) is 0 Å². The first kappa shape index (κ1) is 27.0. The van der Waals surface area contributed by atoms with Gasteiger partial charge in [-0.25, -0.2) is 0 Å². The Morgan fingerprint density at radius 2 is 1.06 bits per heavy atom. The van der Waals surface area contributed by atoms with Crippen molar-refractivity contribution in [2.75, 3.05) is 13.2 Å². The molecule has 0 aliphatic carbocycles. The van der Waals surface area contributed by atoms with Crippen molar-refractivity contribution in [3.63, 3.8) is 0 Å². The molecule has 0 aromatic rings. The summed E-state index contributed by atoms with van der Waals surface area (Å²) < 4.78 is 26.9. The lowest BCUT2D eigenvalue weighted by Gasteiger charge is -2.48. The van der Waals surface area contributed by atoms with Crippen LogP contribution < -0.4 is 0 Å². The normalized spacial score (nSPS) is 53.7. The average molecular weight is 488 g/mol. The molecule has 3 rings (SSSR count). The highest BCUT2D eigenvalue weighted by atomic mass is 16.8. The molecule has 0 radical (unpaired) electrons. The van der Waals surface area contributed by atoms with E-state index in [0.717, 1.165) is 0 Å². The molecule has 33 heavy (non-hydrogen) atoms. The summed E-state index contributed by atoms with van der Waals surface area (Å²) in [6.07, 6.45) is -24.0. The molecular formula is C18H32O15. The molecule has 0 bridgehead atoms. The number of ether oxygens (including phenoxy) is 5. The van der Waals surface area contributed by atoms with Gasteiger partial charge in [0.25, 0.3) is 0 Å². The Hall–Kier alpha value is -0.600. The van der Waals surface area contributed by atoms with Crippen molar-refractivity contribution < 1.29 is 74.7 Å². The smallest absolute Gasteiger partial charge is 0.187 e. The number of aliphatic hydroxyl groups is 10. The van der Waals surface area contributed by atoms with E-state index in [0.29, 0.717) is 0 Å². The van der Waals surface area contributed by atoms with E-state index in [1.165, 1.54) is 6.92 Å². The van der Waals surface area contributed by atoms with Gasteiger partial charge in [-0.15, -0.1) is 0 Å². The predicted octanol–water partition coefficient (Wildman–Crippen LogP) is -6.55. The van der Waals surface area contributed by atoms with Crippen LogP contribution in [0.5, 0.6) is 0 Å². The van der Waals surface area contributed by atoms with E-state index in [1.54, 1.807) is 0 Å². The van der Waals surface area contributed by atoms with E-state index >= 15 is 0 Å². The Kier molecular flexibility index (Phi) is 8.99. The zero-order valence-electron chi connectivity index (χ0n) is 17.6. The lowest BCUT2D eigenvalue weighted by molar-refractivity contribution is -0.382. The van der Waals surface area contributed by atoms with Crippen LogP contribution in [0.3, 0.4) is 0 Å². The van der Waals surface area contributed by atoms with Gasteiger partial charge in [-0.3, -0.25) is 0 Å². The minimum atomic E-state index is -1.88. The summed E-state index contributed by atoms with van der Waals surface area (Å²) in [5, 5.41) is 99.8. The Balaban J connectivity index is 1.83. The van der Waals surface area contributed by atoms with Crippen molar-refractivity contribution in [3.8, 4) is 0 Å². The Morgan fingerprint density at radius 1 is 0.545 bits per heavy atom. The minimum absolute atomic E-state index is 0.739. The Labute approximate surface area is 187 Å². The number of rotatable bonds is 6. The number of hydrogen-bond donors (Lipinski definition) is 10. The van der Waals surface area contributed by atoms with Crippen LogP contribution in [-0.2, 0) is 23.7 Å². The predicted molar refractivity (Wildman–Crippen MR) is 99.8 cm³/mol. The summed E-state index contributed by atoms with van der Waals surface area (Å²) in [6, 6.07) is 0. The molecule has 194 valence electrons. The van der Waals surface area contributed by atoms with Gasteiger partial charge in [0.1, 0.15) is 67.1 Å². The molecule has 3 aliphatic heterocycles. The first-order valence-electron chi connectivity index (χ1n) is 10.4. The third-order valence-corrected chi connectivity index (χ3v) is 6.05. The van der Waals surface area contributed by atoms with E-state index in [1.807, 2.05) is 0 Å². The standard InChI is InChI=1S/C18H32O15/c1-4-7(21)9(23)11(25)17(29-4)33-15-13(27)16(28)30-6(3-20)14(15)32-18-12(26)10(24)8(22)5(2-19)31-18/h4-28H,2-3H2,1H3/t4-,5+,6+,7+,8+,9+,10-,11-,12+,13+,14-,15+,16-,17-,18-/m0/s1. The largest absolute Gasteiger partial charge is 0.394 e. The van der Waals surface area contributed by atoms with Crippen molar-refractivity contribution >= 4 is 0 Å². The fourth-order valence-electron chi connectivity index (χ4n) is 3.99. The van der Waals surface area contributed by atoms with Gasteiger partial charge in [0.15, 0.2) is 18.9 Å². The molecule has 15 heteroatoms. The summed E-state index contributed by atoms with van der Waals surface area (Å²) in [5.41, 5.74) is 0. The second-order valence-electron chi connectivity index (χ2n) is 8.32. The topological polar surface area (TPSA) is 248 Å². The quantitative estimate of drug-likeness (QED) is 0.167. The van der Waals surface area contributed by atoms with Crippen molar-refractivity contribution in [3.05, 3.63) is 0 Å². The van der Waals surface area contributed by atoms with Gasteiger partial charge in [0.2, 0.25) is 0 Å². The zero-order chi connectivity index (χ0) is 24.6. The van der Waals surface area contributed by atoms with Gasteiger partial charge >= 0.3 is 0 Å². The number of hydrogen-bond acceptors (Lipinski definition) is 15. The molecule has 0 aromatic carbocycles. The van der Waals surface area contributed by atoms with E-state index in [4.69, 9.17) is 23.7 Å². The average Bonchev–Trinajstić information content (AvgIpc) is 2.80. The highest BCUT2D eigenvalue weighted by Crippen LogP contribution is 2.32. The summed E-state index contributed by atoms with van der Waals surface area (Å²) in [7, 11) is 0. The lowest BCUT2D eigenvalue weighted by atomic mass is 9.96. The number of aliphatic hydroxyl groups excluding tert-OH is 10. The molecule has 10 N–H and O–H groups in total. The monoisotopic (exact) mass is 488 g/mol. The Bertz CT molecular complexity index is 624. The van der Waals surface area contributed by atoms with E-state index in [2.05, 4.69) is 0 Å². The maximum absolute atomic E-state index is 10.5. The molecule has 3 fully saturated rings. The first-order chi connectivity index (χ1) is 15.5. The molecule has 3 saturated heterocycles. The highest BCUT2D eigenvalue weighted by Gasteiger charge is 2.53. The molecule has 15 atom stereocenters. The molecule has 3 heterocycles. The highest BCUT2D eigenvalue weighted by molar-refractivity contribution is 4.96. The molecule has 15 nitrogen and oxygen atoms in total. The van der Waals surface area contributed by atoms with Crippen molar-refractivity contribution in [1.29, 1.82) is 0 Å². The molecule has 0 unspecified atom stereocenters. The van der Waals surface area contributed by atoms with Gasteiger partial charge < -0.3 is 74.7 Å². The molecule has 3 aliphatic rings. The van der Waals surface area contributed by atoms with Gasteiger partial charge in [-0.05, 0) is 6.92 Å². The fourth-order valence-corrected chi connectivity index (χ4v) is 3.99. The van der Waals surface area contributed by atoms with E-state index in [-0.39, 0.29) is 0 Å². The van der Waals surface area contributed by atoms with Gasteiger partial charge in [-0.2, -0.15) is 0 Å². The van der Waals surface area contributed by atoms with Gasteiger partial charge in [-0.1, -0.05) is 0 Å². The van der Waals surface area contributed by atoms with E-state index in [9.17, 15) is 51.1 Å². The second-order valence-corrected chi connectivity index (χ2v) is 8.32. The summed E-state index contributed by atoms with van der Waals surface area (Å²) in [4.78, 5) is 0. The van der Waals surface area contributed by atoms with Crippen molar-refractivity contribution in [1.82, 2.24) is 0 Å². The van der Waals surface area contributed by atoms with Crippen molar-refractivity contribution in [2.45, 2.75) is 99.0 Å². The van der Waals surface area contributed by atoms with Crippen LogP contribution in [0.25, 0.3) is 0 Å². The van der Waals surface area contributed by atoms with Crippen molar-refractivity contribution in [2.24, 2.45) is 0 Å². The minimum Gasteiger partial charge on any atom is -0.394 e. The summed E-state index contributed by atoms with van der Waals surface area (Å²) >= 11 is 0.